The molecule has 0 fully saturated rings. The summed E-state index contributed by atoms with van der Waals surface area (Å²) >= 11 is 7.92. The van der Waals surface area contributed by atoms with Gasteiger partial charge in [-0.25, -0.2) is 9.97 Å². The fourth-order valence-corrected chi connectivity index (χ4v) is 6.17. The molecule has 0 saturated carbocycles. The highest BCUT2D eigenvalue weighted by Gasteiger charge is 2.17. The van der Waals surface area contributed by atoms with E-state index < -0.39 is 0 Å². The summed E-state index contributed by atoms with van der Waals surface area (Å²) in [4.78, 5) is 26.9. The molecule has 0 aliphatic carbocycles. The molecule has 0 N–H and O–H groups in total. The summed E-state index contributed by atoms with van der Waals surface area (Å²) in [5.74, 6) is 2.83. The minimum absolute atomic E-state index is 0.0166. The summed E-state index contributed by atoms with van der Waals surface area (Å²) in [5.41, 5.74) is 5.18. The van der Waals surface area contributed by atoms with Crippen molar-refractivity contribution < 1.29 is 14.3 Å². The zero-order chi connectivity index (χ0) is 33.0. The van der Waals surface area contributed by atoms with Gasteiger partial charge in [-0.3, -0.25) is 4.79 Å². The van der Waals surface area contributed by atoms with Crippen LogP contribution >= 0.6 is 23.4 Å². The minimum Gasteiger partial charge on any atom is -0.493 e. The van der Waals surface area contributed by atoms with E-state index in [9.17, 15) is 4.79 Å². The van der Waals surface area contributed by atoms with Gasteiger partial charge in [0.05, 0.1) is 14.2 Å². The van der Waals surface area contributed by atoms with Crippen molar-refractivity contribution in [2.45, 2.75) is 30.3 Å². The average Bonchev–Trinajstić information content (AvgIpc) is 3.11. The van der Waals surface area contributed by atoms with Crippen molar-refractivity contribution in [2.24, 2.45) is 0 Å². The highest BCUT2D eigenvalue weighted by Crippen LogP contribution is 2.28. The summed E-state index contributed by atoms with van der Waals surface area (Å²) in [6.07, 6.45) is 1.59. The Morgan fingerprint density at radius 3 is 2.04 bits per heavy atom. The molecule has 9 heteroatoms. The Labute approximate surface area is 286 Å². The van der Waals surface area contributed by atoms with Gasteiger partial charge in [-0.1, -0.05) is 102 Å². The lowest BCUT2D eigenvalue weighted by Gasteiger charge is -2.23. The second-order valence-electron chi connectivity index (χ2n) is 11.1. The number of likely N-dealkylation sites (N-methyl/N-ethyl adjacent to an activating group) is 1. The number of nitrogens with zero attached hydrogens (tertiary/aromatic N) is 4. The van der Waals surface area contributed by atoms with Crippen molar-refractivity contribution in [3.8, 4) is 11.5 Å². The predicted octanol–water partition coefficient (Wildman–Crippen LogP) is 8.00. The number of thioether (sulfide) groups is 1. The number of halogens is 1. The predicted molar refractivity (Wildman–Crippen MR) is 191 cm³/mol. The number of rotatable bonds is 15. The number of amides is 1. The first-order chi connectivity index (χ1) is 22.9. The highest BCUT2D eigenvalue weighted by atomic mass is 35.5. The maximum absolute atomic E-state index is 13.7. The van der Waals surface area contributed by atoms with Crippen LogP contribution in [0.1, 0.15) is 32.6 Å². The SMILES string of the molecule is COc1ccc(CCN(C)c2cc(Cl)nc(SCc3ccc(C(=O)N(CCc4ccccc4)Cc4ccccc4)cc3)n2)cc1OC. The Kier molecular flexibility index (Phi) is 12.1. The standard InChI is InChI=1S/C38H39ClN4O3S/c1-42(22-20-29-16-19-33(45-2)34(24-29)46-3)36-25-35(39)40-38(41-36)47-27-31-14-17-32(18-15-31)37(44)43(26-30-12-8-5-9-13-30)23-21-28-10-6-4-7-11-28/h4-19,24-25H,20-23,26-27H2,1-3H3. The zero-order valence-corrected chi connectivity index (χ0v) is 28.5. The lowest BCUT2D eigenvalue weighted by atomic mass is 10.1. The molecular formula is C38H39ClN4O3S. The third-order valence-electron chi connectivity index (χ3n) is 7.82. The number of aromatic nitrogens is 2. The molecule has 4 aromatic carbocycles. The number of methoxy groups -OCH3 is 2. The van der Waals surface area contributed by atoms with Crippen LogP contribution in [0, 0.1) is 0 Å². The largest absolute Gasteiger partial charge is 0.493 e. The van der Waals surface area contributed by atoms with Gasteiger partial charge in [0, 0.05) is 44.1 Å². The molecule has 5 aromatic rings. The Hall–Kier alpha value is -4.53. The van der Waals surface area contributed by atoms with Crippen LogP contribution in [-0.2, 0) is 25.1 Å². The van der Waals surface area contributed by atoms with Crippen LogP contribution in [0.5, 0.6) is 11.5 Å². The van der Waals surface area contributed by atoms with E-state index in [2.05, 4.69) is 34.1 Å². The molecule has 1 heterocycles. The van der Waals surface area contributed by atoms with E-state index in [1.165, 1.54) is 17.3 Å². The lowest BCUT2D eigenvalue weighted by Crippen LogP contribution is -2.32. The molecule has 47 heavy (non-hydrogen) atoms. The van der Waals surface area contributed by atoms with E-state index in [1.807, 2.05) is 90.8 Å². The number of ether oxygens (including phenoxy) is 2. The number of hydrogen-bond acceptors (Lipinski definition) is 7. The molecule has 1 amide bonds. The van der Waals surface area contributed by atoms with Gasteiger partial charge >= 0.3 is 0 Å². The summed E-state index contributed by atoms with van der Waals surface area (Å²) in [7, 11) is 5.26. The van der Waals surface area contributed by atoms with E-state index >= 15 is 0 Å². The molecule has 7 nitrogen and oxygen atoms in total. The van der Waals surface area contributed by atoms with Crippen molar-refractivity contribution in [3.05, 3.63) is 142 Å². The Morgan fingerprint density at radius 2 is 1.36 bits per heavy atom. The molecule has 0 aliphatic rings. The topological polar surface area (TPSA) is 67.8 Å². The van der Waals surface area contributed by atoms with Gasteiger partial charge in [-0.05, 0) is 59.4 Å². The molecular weight excluding hydrogens is 628 g/mol. The second-order valence-corrected chi connectivity index (χ2v) is 12.5. The Morgan fingerprint density at radius 1 is 0.723 bits per heavy atom. The molecule has 0 aliphatic heterocycles. The minimum atomic E-state index is 0.0166. The van der Waals surface area contributed by atoms with Crippen molar-refractivity contribution in [1.82, 2.24) is 14.9 Å². The number of hydrogen-bond donors (Lipinski definition) is 0. The van der Waals surface area contributed by atoms with Crippen LogP contribution < -0.4 is 14.4 Å². The second kappa shape index (κ2) is 16.9. The first-order valence-electron chi connectivity index (χ1n) is 15.5. The van der Waals surface area contributed by atoms with Crippen molar-refractivity contribution in [3.63, 3.8) is 0 Å². The third-order valence-corrected chi connectivity index (χ3v) is 8.93. The summed E-state index contributed by atoms with van der Waals surface area (Å²) in [6, 6.07) is 35.9. The molecule has 0 unspecified atom stereocenters. The number of anilines is 1. The van der Waals surface area contributed by atoms with Crippen molar-refractivity contribution in [1.29, 1.82) is 0 Å². The molecule has 0 atom stereocenters. The van der Waals surface area contributed by atoms with Crippen molar-refractivity contribution >= 4 is 35.1 Å². The van der Waals surface area contributed by atoms with Crippen LogP contribution in [0.25, 0.3) is 0 Å². The monoisotopic (exact) mass is 666 g/mol. The number of benzene rings is 4. The van der Waals surface area contributed by atoms with Crippen LogP contribution in [0.3, 0.4) is 0 Å². The summed E-state index contributed by atoms with van der Waals surface area (Å²) in [6.45, 7) is 1.92. The zero-order valence-electron chi connectivity index (χ0n) is 26.9. The number of carbonyl (C=O) groups excluding carboxylic acids is 1. The fraction of sp³-hybridized carbons (Fsp3) is 0.237. The molecule has 0 spiro atoms. The van der Waals surface area contributed by atoms with E-state index in [0.717, 1.165) is 41.9 Å². The van der Waals surface area contributed by atoms with Crippen LogP contribution in [-0.4, -0.2) is 55.1 Å². The van der Waals surface area contributed by atoms with Gasteiger partial charge in [-0.2, -0.15) is 0 Å². The maximum atomic E-state index is 13.7. The van der Waals surface area contributed by atoms with E-state index in [0.29, 0.717) is 46.2 Å². The van der Waals surface area contributed by atoms with Crippen LogP contribution in [0.15, 0.2) is 114 Å². The van der Waals surface area contributed by atoms with Crippen LogP contribution in [0.2, 0.25) is 5.15 Å². The summed E-state index contributed by atoms with van der Waals surface area (Å²) < 4.78 is 10.8. The average molecular weight is 667 g/mol. The number of carbonyl (C=O) groups is 1. The molecule has 242 valence electrons. The maximum Gasteiger partial charge on any atom is 0.254 e. The molecule has 1 aromatic heterocycles. The molecule has 0 saturated heterocycles. The highest BCUT2D eigenvalue weighted by molar-refractivity contribution is 7.98. The Bertz CT molecular complexity index is 1740. The summed E-state index contributed by atoms with van der Waals surface area (Å²) in [5, 5.41) is 0.992. The van der Waals surface area contributed by atoms with E-state index in [1.54, 1.807) is 20.3 Å². The molecule has 0 bridgehead atoms. The molecule has 0 radical (unpaired) electrons. The van der Waals surface area contributed by atoms with Gasteiger partial charge in [0.15, 0.2) is 16.7 Å². The van der Waals surface area contributed by atoms with E-state index in [-0.39, 0.29) is 5.91 Å². The third kappa shape index (κ3) is 9.73. The normalized spacial score (nSPS) is 10.8. The van der Waals surface area contributed by atoms with Gasteiger partial charge in [0.1, 0.15) is 11.0 Å². The quantitative estimate of drug-likeness (QED) is 0.0637. The van der Waals surface area contributed by atoms with Gasteiger partial charge < -0.3 is 19.3 Å². The lowest BCUT2D eigenvalue weighted by molar-refractivity contribution is 0.0745. The fourth-order valence-electron chi connectivity index (χ4n) is 5.13. The van der Waals surface area contributed by atoms with Gasteiger partial charge in [0.25, 0.3) is 5.91 Å². The van der Waals surface area contributed by atoms with E-state index in [4.69, 9.17) is 26.1 Å². The Balaban J connectivity index is 1.20. The van der Waals surface area contributed by atoms with Gasteiger partial charge in [-0.15, -0.1) is 0 Å². The first kappa shape index (κ1) is 33.8. The first-order valence-corrected chi connectivity index (χ1v) is 16.8. The van der Waals surface area contributed by atoms with Crippen LogP contribution in [0.4, 0.5) is 5.82 Å². The molecule has 5 rings (SSSR count). The smallest absolute Gasteiger partial charge is 0.254 e. The van der Waals surface area contributed by atoms with Gasteiger partial charge in [0.2, 0.25) is 0 Å². The van der Waals surface area contributed by atoms with Crippen molar-refractivity contribution in [2.75, 3.05) is 39.3 Å².